The first kappa shape index (κ1) is 14.0. The molecule has 0 aromatic heterocycles. The molecule has 1 aromatic carbocycles. The van der Waals surface area contributed by atoms with Crippen LogP contribution in [-0.2, 0) is 9.53 Å². The van der Waals surface area contributed by atoms with Crippen LogP contribution in [0.3, 0.4) is 0 Å². The lowest BCUT2D eigenvalue weighted by atomic mass is 10.1. The Hall–Kier alpha value is -1.07. The van der Waals surface area contributed by atoms with Gasteiger partial charge in [0.15, 0.2) is 0 Å². The molecule has 0 bridgehead atoms. The number of hydrogen-bond acceptors (Lipinski definition) is 4. The Bertz CT molecular complexity index is 373. The maximum absolute atomic E-state index is 13.0. The van der Waals surface area contributed by atoms with Crippen LogP contribution in [0.1, 0.15) is 17.7 Å². The molecule has 0 radical (unpaired) electrons. The van der Waals surface area contributed by atoms with Crippen molar-refractivity contribution < 1.29 is 13.9 Å². The van der Waals surface area contributed by atoms with Crippen molar-refractivity contribution in [3.63, 3.8) is 0 Å². The summed E-state index contributed by atoms with van der Waals surface area (Å²) in [5.74, 6) is -0.336. The summed E-state index contributed by atoms with van der Waals surface area (Å²) in [6, 6.07) is 6.26. The summed E-state index contributed by atoms with van der Waals surface area (Å²) in [5.41, 5.74) is 6.41. The molecule has 5 heteroatoms. The van der Waals surface area contributed by atoms with Crippen LogP contribution in [0, 0.1) is 5.82 Å². The Morgan fingerprint density at radius 1 is 1.59 bits per heavy atom. The quantitative estimate of drug-likeness (QED) is 0.793. The average molecular weight is 257 g/mol. The molecule has 0 heterocycles. The zero-order chi connectivity index (χ0) is 12.7. The predicted octanol–water partition coefficient (Wildman–Crippen LogP) is 2.12. The van der Waals surface area contributed by atoms with Crippen molar-refractivity contribution in [2.75, 3.05) is 18.9 Å². The zero-order valence-corrected chi connectivity index (χ0v) is 10.5. The van der Waals surface area contributed by atoms with E-state index in [2.05, 4.69) is 0 Å². The van der Waals surface area contributed by atoms with E-state index in [1.807, 2.05) is 0 Å². The molecule has 0 aliphatic heterocycles. The van der Waals surface area contributed by atoms with Crippen molar-refractivity contribution in [3.05, 3.63) is 35.6 Å². The summed E-state index contributed by atoms with van der Waals surface area (Å²) >= 11 is 1.37. The lowest BCUT2D eigenvalue weighted by Gasteiger charge is -2.14. The fraction of sp³-hybridized carbons (Fsp3) is 0.417. The molecule has 94 valence electrons. The first-order valence-electron chi connectivity index (χ1n) is 5.40. The van der Waals surface area contributed by atoms with Gasteiger partial charge in [0.2, 0.25) is 0 Å². The summed E-state index contributed by atoms with van der Waals surface area (Å²) in [6.07, 6.45) is 0. The van der Waals surface area contributed by atoms with Crippen LogP contribution in [0.25, 0.3) is 0 Å². The van der Waals surface area contributed by atoms with E-state index in [-0.39, 0.29) is 22.8 Å². The van der Waals surface area contributed by atoms with Crippen molar-refractivity contribution in [2.24, 2.45) is 5.73 Å². The third-order valence-electron chi connectivity index (χ3n) is 2.14. The van der Waals surface area contributed by atoms with Crippen molar-refractivity contribution in [3.8, 4) is 0 Å². The minimum Gasteiger partial charge on any atom is -0.465 e. The van der Waals surface area contributed by atoms with Gasteiger partial charge in [-0.3, -0.25) is 4.79 Å². The van der Waals surface area contributed by atoms with E-state index in [4.69, 9.17) is 10.5 Å². The summed E-state index contributed by atoms with van der Waals surface area (Å²) in [6.45, 7) is 2.48. The van der Waals surface area contributed by atoms with Gasteiger partial charge in [-0.25, -0.2) is 4.39 Å². The van der Waals surface area contributed by atoms with Crippen molar-refractivity contribution in [1.82, 2.24) is 0 Å². The Kier molecular flexibility index (Phi) is 6.00. The molecule has 17 heavy (non-hydrogen) atoms. The first-order chi connectivity index (χ1) is 8.17. The molecule has 0 aliphatic rings. The molecule has 0 aliphatic carbocycles. The second-order valence-corrected chi connectivity index (χ2v) is 4.59. The number of ether oxygens (including phenoxy) is 1. The van der Waals surface area contributed by atoms with Crippen LogP contribution in [-0.4, -0.2) is 24.9 Å². The summed E-state index contributed by atoms with van der Waals surface area (Å²) in [5, 5.41) is -0.0879. The molecule has 0 fully saturated rings. The number of halogens is 1. The molecule has 1 atom stereocenters. The fourth-order valence-electron chi connectivity index (χ4n) is 1.38. The molecule has 3 nitrogen and oxygen atoms in total. The first-order valence-corrected chi connectivity index (χ1v) is 6.45. The number of carbonyl (C=O) groups is 1. The minimum absolute atomic E-state index is 0.0879. The Balaban J connectivity index is 2.57. The molecule has 1 unspecified atom stereocenters. The number of rotatable bonds is 6. The topological polar surface area (TPSA) is 52.3 Å². The molecular weight excluding hydrogens is 241 g/mol. The number of thioether (sulfide) groups is 1. The predicted molar refractivity (Wildman–Crippen MR) is 67.3 cm³/mol. The highest BCUT2D eigenvalue weighted by molar-refractivity contribution is 8.00. The maximum Gasteiger partial charge on any atom is 0.315 e. The van der Waals surface area contributed by atoms with Gasteiger partial charge in [0, 0.05) is 11.8 Å². The molecule has 1 aromatic rings. The van der Waals surface area contributed by atoms with Crippen molar-refractivity contribution in [2.45, 2.75) is 12.2 Å². The van der Waals surface area contributed by atoms with E-state index in [0.29, 0.717) is 13.2 Å². The Labute approximate surface area is 105 Å². The van der Waals surface area contributed by atoms with Gasteiger partial charge in [0.05, 0.1) is 12.4 Å². The third kappa shape index (κ3) is 4.75. The van der Waals surface area contributed by atoms with Crippen LogP contribution in [0.5, 0.6) is 0 Å². The Morgan fingerprint density at radius 3 is 2.94 bits per heavy atom. The van der Waals surface area contributed by atoms with Gasteiger partial charge < -0.3 is 10.5 Å². The smallest absolute Gasteiger partial charge is 0.315 e. The van der Waals surface area contributed by atoms with Gasteiger partial charge in [0.25, 0.3) is 0 Å². The highest BCUT2D eigenvalue weighted by Gasteiger charge is 2.13. The zero-order valence-electron chi connectivity index (χ0n) is 9.69. The van der Waals surface area contributed by atoms with Gasteiger partial charge >= 0.3 is 5.97 Å². The van der Waals surface area contributed by atoms with Crippen LogP contribution in [0.15, 0.2) is 24.3 Å². The van der Waals surface area contributed by atoms with E-state index >= 15 is 0 Å². The lowest BCUT2D eigenvalue weighted by Crippen LogP contribution is -2.14. The van der Waals surface area contributed by atoms with Gasteiger partial charge in [-0.05, 0) is 24.6 Å². The molecule has 0 amide bonds. The van der Waals surface area contributed by atoms with Crippen molar-refractivity contribution >= 4 is 17.7 Å². The highest BCUT2D eigenvalue weighted by Crippen LogP contribution is 2.28. The Morgan fingerprint density at radius 2 is 2.35 bits per heavy atom. The second kappa shape index (κ2) is 7.29. The minimum atomic E-state index is -0.294. The number of nitrogens with two attached hydrogens (primary N) is 1. The molecule has 0 saturated heterocycles. The molecule has 0 saturated carbocycles. The molecular formula is C12H16FNO2S. The SMILES string of the molecule is CCOC(=O)CSC(CN)c1cccc(F)c1. The van der Waals surface area contributed by atoms with Gasteiger partial charge in [-0.1, -0.05) is 12.1 Å². The largest absolute Gasteiger partial charge is 0.465 e. The van der Waals surface area contributed by atoms with E-state index in [1.54, 1.807) is 19.1 Å². The fourth-order valence-corrected chi connectivity index (χ4v) is 2.27. The van der Waals surface area contributed by atoms with E-state index < -0.39 is 0 Å². The highest BCUT2D eigenvalue weighted by atomic mass is 32.2. The van der Waals surface area contributed by atoms with Gasteiger partial charge in [-0.15, -0.1) is 11.8 Å². The van der Waals surface area contributed by atoms with Crippen molar-refractivity contribution in [1.29, 1.82) is 0 Å². The maximum atomic E-state index is 13.0. The van der Waals surface area contributed by atoms with E-state index in [1.165, 1.54) is 23.9 Å². The van der Waals surface area contributed by atoms with Crippen LogP contribution < -0.4 is 5.73 Å². The third-order valence-corrected chi connectivity index (χ3v) is 3.41. The molecule has 0 spiro atoms. The van der Waals surface area contributed by atoms with Crippen LogP contribution >= 0.6 is 11.8 Å². The summed E-state index contributed by atoms with van der Waals surface area (Å²) in [4.78, 5) is 11.2. The summed E-state index contributed by atoms with van der Waals surface area (Å²) < 4.78 is 17.9. The van der Waals surface area contributed by atoms with E-state index in [9.17, 15) is 9.18 Å². The normalized spacial score (nSPS) is 12.2. The van der Waals surface area contributed by atoms with Crippen LogP contribution in [0.2, 0.25) is 0 Å². The number of carbonyl (C=O) groups excluding carboxylic acids is 1. The van der Waals surface area contributed by atoms with E-state index in [0.717, 1.165) is 5.56 Å². The standard InChI is InChI=1S/C12H16FNO2S/c1-2-16-12(15)8-17-11(7-14)9-4-3-5-10(13)6-9/h3-6,11H,2,7-8,14H2,1H3. The average Bonchev–Trinajstić information content (AvgIpc) is 2.30. The molecule has 2 N–H and O–H groups in total. The molecule has 1 rings (SSSR count). The second-order valence-electron chi connectivity index (χ2n) is 3.40. The number of esters is 1. The number of benzene rings is 1. The van der Waals surface area contributed by atoms with Gasteiger partial charge in [-0.2, -0.15) is 0 Å². The van der Waals surface area contributed by atoms with Gasteiger partial charge in [0.1, 0.15) is 5.82 Å². The monoisotopic (exact) mass is 257 g/mol. The lowest BCUT2D eigenvalue weighted by molar-refractivity contribution is -0.139. The number of hydrogen-bond donors (Lipinski definition) is 1. The summed E-state index contributed by atoms with van der Waals surface area (Å²) in [7, 11) is 0. The van der Waals surface area contributed by atoms with Crippen LogP contribution in [0.4, 0.5) is 4.39 Å².